The first-order valence-electron chi connectivity index (χ1n) is 9.31. The minimum Gasteiger partial charge on any atom is -0.349 e. The maximum absolute atomic E-state index is 13.9. The van der Waals surface area contributed by atoms with Gasteiger partial charge in [0.05, 0.1) is 13.0 Å². The molecule has 1 aliphatic rings. The molecule has 1 N–H and O–H groups in total. The van der Waals surface area contributed by atoms with Crippen LogP contribution in [0.25, 0.3) is 0 Å². The zero-order valence-electron chi connectivity index (χ0n) is 16.1. The molecule has 0 bridgehead atoms. The van der Waals surface area contributed by atoms with E-state index in [2.05, 4.69) is 25.2 Å². The molecule has 9 heteroatoms. The number of nitrogens with zero attached hydrogens (tertiary/aromatic N) is 5. The summed E-state index contributed by atoms with van der Waals surface area (Å²) in [5, 5.41) is 2.98. The van der Waals surface area contributed by atoms with E-state index in [0.717, 1.165) is 25.9 Å². The Morgan fingerprint density at radius 3 is 2.64 bits per heavy atom. The van der Waals surface area contributed by atoms with Crippen molar-refractivity contribution < 1.29 is 9.18 Å². The molecule has 3 rings (SSSR count). The van der Waals surface area contributed by atoms with Gasteiger partial charge < -0.3 is 15.1 Å². The third kappa shape index (κ3) is 5.07. The Kier molecular flexibility index (Phi) is 6.61. The number of piperidine rings is 1. The van der Waals surface area contributed by atoms with Crippen LogP contribution in [0.3, 0.4) is 0 Å². The predicted molar refractivity (Wildman–Crippen MR) is 107 cm³/mol. The summed E-state index contributed by atoms with van der Waals surface area (Å²) in [5.41, 5.74) is 0.181. The Hall–Kier alpha value is -2.48. The largest absolute Gasteiger partial charge is 0.349 e. The van der Waals surface area contributed by atoms with Crippen LogP contribution in [-0.2, 0) is 17.8 Å². The molecule has 0 radical (unpaired) electrons. The van der Waals surface area contributed by atoms with Gasteiger partial charge in [-0.2, -0.15) is 15.0 Å². The number of hydrogen-bond acceptors (Lipinski definition) is 6. The van der Waals surface area contributed by atoms with E-state index in [4.69, 9.17) is 11.6 Å². The quantitative estimate of drug-likeness (QED) is 0.794. The summed E-state index contributed by atoms with van der Waals surface area (Å²) >= 11 is 5.99. The molecule has 150 valence electrons. The number of halogens is 2. The van der Waals surface area contributed by atoms with Crippen molar-refractivity contribution in [3.8, 4) is 0 Å². The molecular formula is C19H24ClFN6O. The molecule has 2 heterocycles. The average Bonchev–Trinajstić information content (AvgIpc) is 2.70. The normalized spacial score (nSPS) is 14.1. The van der Waals surface area contributed by atoms with E-state index in [1.807, 2.05) is 14.1 Å². The zero-order valence-corrected chi connectivity index (χ0v) is 16.8. The van der Waals surface area contributed by atoms with Crippen LogP contribution < -0.4 is 15.1 Å². The molecule has 1 amide bonds. The molecule has 7 nitrogen and oxygen atoms in total. The van der Waals surface area contributed by atoms with Gasteiger partial charge in [0, 0.05) is 37.8 Å². The topological polar surface area (TPSA) is 74.2 Å². The summed E-state index contributed by atoms with van der Waals surface area (Å²) < 4.78 is 13.9. The number of amides is 1. The highest BCUT2D eigenvalue weighted by molar-refractivity contribution is 6.31. The van der Waals surface area contributed by atoms with Crippen LogP contribution >= 0.6 is 11.6 Å². The van der Waals surface area contributed by atoms with Gasteiger partial charge in [0.2, 0.25) is 17.8 Å². The van der Waals surface area contributed by atoms with E-state index in [1.165, 1.54) is 18.6 Å². The van der Waals surface area contributed by atoms with Crippen LogP contribution in [0.1, 0.15) is 30.7 Å². The van der Waals surface area contributed by atoms with Gasteiger partial charge in [-0.05, 0) is 31.4 Å². The fourth-order valence-electron chi connectivity index (χ4n) is 3.01. The molecule has 0 unspecified atom stereocenters. The van der Waals surface area contributed by atoms with Gasteiger partial charge >= 0.3 is 0 Å². The molecule has 1 aliphatic heterocycles. The fourth-order valence-corrected chi connectivity index (χ4v) is 3.24. The van der Waals surface area contributed by atoms with Gasteiger partial charge in [0.25, 0.3) is 0 Å². The Balaban J connectivity index is 1.70. The van der Waals surface area contributed by atoms with Crippen LogP contribution in [0.15, 0.2) is 18.2 Å². The molecule has 1 aromatic carbocycles. The van der Waals surface area contributed by atoms with E-state index >= 15 is 0 Å². The molecule has 1 aromatic heterocycles. The van der Waals surface area contributed by atoms with Crippen molar-refractivity contribution in [1.82, 2.24) is 20.3 Å². The molecule has 0 spiro atoms. The highest BCUT2D eigenvalue weighted by Gasteiger charge is 2.18. The van der Waals surface area contributed by atoms with Crippen molar-refractivity contribution in [3.05, 3.63) is 40.4 Å². The Morgan fingerprint density at radius 2 is 1.96 bits per heavy atom. The second-order valence-corrected chi connectivity index (χ2v) is 7.35. The van der Waals surface area contributed by atoms with Crippen LogP contribution in [0.5, 0.6) is 0 Å². The predicted octanol–water partition coefficient (Wildman–Crippen LogP) is 2.58. The van der Waals surface area contributed by atoms with E-state index in [9.17, 15) is 9.18 Å². The molecule has 0 atom stereocenters. The Labute approximate surface area is 168 Å². The number of carbonyl (C=O) groups is 1. The lowest BCUT2D eigenvalue weighted by Crippen LogP contribution is -2.33. The lowest BCUT2D eigenvalue weighted by Gasteiger charge is -2.27. The lowest BCUT2D eigenvalue weighted by atomic mass is 10.1. The summed E-state index contributed by atoms with van der Waals surface area (Å²) in [6.07, 6.45) is 3.29. The molecule has 1 fully saturated rings. The SMILES string of the molecule is CN(C)c1nc(CNC(=O)Cc2c(F)cccc2Cl)nc(N2CCCCC2)n1. The monoisotopic (exact) mass is 406 g/mol. The average molecular weight is 407 g/mol. The number of nitrogens with one attached hydrogen (secondary N) is 1. The molecule has 0 saturated carbocycles. The molecule has 0 aliphatic carbocycles. The van der Waals surface area contributed by atoms with Crippen molar-refractivity contribution in [2.75, 3.05) is 37.0 Å². The van der Waals surface area contributed by atoms with E-state index in [-0.39, 0.29) is 29.5 Å². The number of hydrogen-bond donors (Lipinski definition) is 1. The Bertz CT molecular complexity index is 821. The number of rotatable bonds is 6. The van der Waals surface area contributed by atoms with Crippen LogP contribution in [0, 0.1) is 5.82 Å². The molecule has 28 heavy (non-hydrogen) atoms. The summed E-state index contributed by atoms with van der Waals surface area (Å²) in [6.45, 7) is 1.96. The summed E-state index contributed by atoms with van der Waals surface area (Å²) in [7, 11) is 3.72. The molecule has 1 saturated heterocycles. The first kappa shape index (κ1) is 20.3. The van der Waals surface area contributed by atoms with Gasteiger partial charge in [-0.3, -0.25) is 4.79 Å². The van der Waals surface area contributed by atoms with Crippen LogP contribution in [0.2, 0.25) is 5.02 Å². The third-order valence-corrected chi connectivity index (χ3v) is 4.89. The van der Waals surface area contributed by atoms with Crippen LogP contribution in [0.4, 0.5) is 16.3 Å². The van der Waals surface area contributed by atoms with Gasteiger partial charge in [0.15, 0.2) is 5.82 Å². The number of anilines is 2. The maximum atomic E-state index is 13.9. The lowest BCUT2D eigenvalue weighted by molar-refractivity contribution is -0.120. The minimum atomic E-state index is -0.495. The minimum absolute atomic E-state index is 0.134. The summed E-state index contributed by atoms with van der Waals surface area (Å²) in [5.74, 6) is 0.785. The summed E-state index contributed by atoms with van der Waals surface area (Å²) in [4.78, 5) is 29.7. The third-order valence-electron chi connectivity index (χ3n) is 4.54. The highest BCUT2D eigenvalue weighted by Crippen LogP contribution is 2.20. The maximum Gasteiger partial charge on any atom is 0.230 e. The van der Waals surface area contributed by atoms with Gasteiger partial charge in [0.1, 0.15) is 5.82 Å². The number of carbonyl (C=O) groups excluding carboxylic acids is 1. The second kappa shape index (κ2) is 9.14. The first-order chi connectivity index (χ1) is 13.4. The zero-order chi connectivity index (χ0) is 20.1. The van der Waals surface area contributed by atoms with Crippen molar-refractivity contribution in [1.29, 1.82) is 0 Å². The molecule has 2 aromatic rings. The number of benzene rings is 1. The first-order valence-corrected chi connectivity index (χ1v) is 9.68. The second-order valence-electron chi connectivity index (χ2n) is 6.95. The number of aromatic nitrogens is 3. The van der Waals surface area contributed by atoms with Crippen molar-refractivity contribution >= 4 is 29.4 Å². The van der Waals surface area contributed by atoms with E-state index in [0.29, 0.717) is 17.7 Å². The smallest absolute Gasteiger partial charge is 0.230 e. The van der Waals surface area contributed by atoms with Crippen molar-refractivity contribution in [3.63, 3.8) is 0 Å². The Morgan fingerprint density at radius 1 is 1.21 bits per heavy atom. The van der Waals surface area contributed by atoms with Gasteiger partial charge in [-0.15, -0.1) is 0 Å². The van der Waals surface area contributed by atoms with Crippen molar-refractivity contribution in [2.45, 2.75) is 32.2 Å². The fraction of sp³-hybridized carbons (Fsp3) is 0.474. The van der Waals surface area contributed by atoms with Crippen LogP contribution in [-0.4, -0.2) is 48.0 Å². The van der Waals surface area contributed by atoms with Crippen molar-refractivity contribution in [2.24, 2.45) is 0 Å². The van der Waals surface area contributed by atoms with E-state index in [1.54, 1.807) is 11.0 Å². The van der Waals surface area contributed by atoms with E-state index < -0.39 is 5.82 Å². The highest BCUT2D eigenvalue weighted by atomic mass is 35.5. The standard InChI is InChI=1S/C19H24ClFN6O/c1-26(2)18-23-16(24-19(25-18)27-9-4-3-5-10-27)12-22-17(28)11-13-14(20)7-6-8-15(13)21/h6-8H,3-5,9-12H2,1-2H3,(H,22,28). The summed E-state index contributed by atoms with van der Waals surface area (Å²) in [6, 6.07) is 4.36. The van der Waals surface area contributed by atoms with Gasteiger partial charge in [-0.25, -0.2) is 4.39 Å². The molecular weight excluding hydrogens is 383 g/mol. The van der Waals surface area contributed by atoms with Gasteiger partial charge in [-0.1, -0.05) is 17.7 Å².